The number of methoxy groups -OCH3 is 1. The van der Waals surface area contributed by atoms with E-state index in [0.29, 0.717) is 12.4 Å². The molecule has 0 bridgehead atoms. The molecule has 0 saturated heterocycles. The molecular formula is C9H14ClN3O. The zero-order valence-corrected chi connectivity index (χ0v) is 9.30. The molecule has 0 unspecified atom stereocenters. The van der Waals surface area contributed by atoms with Crippen molar-refractivity contribution in [2.45, 2.75) is 19.4 Å². The molecule has 14 heavy (non-hydrogen) atoms. The lowest BCUT2D eigenvalue weighted by Crippen LogP contribution is -2.32. The van der Waals surface area contributed by atoms with Crippen LogP contribution >= 0.6 is 11.6 Å². The summed E-state index contributed by atoms with van der Waals surface area (Å²) in [6, 6.07) is 1.76. The second-order valence-electron chi connectivity index (χ2n) is 3.53. The first-order chi connectivity index (χ1) is 6.53. The average molecular weight is 216 g/mol. The largest absolute Gasteiger partial charge is 0.377 e. The van der Waals surface area contributed by atoms with Gasteiger partial charge in [0.2, 0.25) is 5.28 Å². The van der Waals surface area contributed by atoms with Gasteiger partial charge in [-0.25, -0.2) is 9.97 Å². The summed E-state index contributed by atoms with van der Waals surface area (Å²) in [5.74, 6) is 0.704. The maximum Gasteiger partial charge on any atom is 0.224 e. The van der Waals surface area contributed by atoms with Gasteiger partial charge in [-0.2, -0.15) is 0 Å². The number of rotatable bonds is 4. The minimum absolute atomic E-state index is 0.225. The maximum absolute atomic E-state index is 5.64. The molecule has 5 heteroatoms. The first-order valence-corrected chi connectivity index (χ1v) is 4.69. The predicted molar refractivity (Wildman–Crippen MR) is 56.6 cm³/mol. The quantitative estimate of drug-likeness (QED) is 0.781. The summed E-state index contributed by atoms with van der Waals surface area (Å²) in [4.78, 5) is 7.79. The van der Waals surface area contributed by atoms with Gasteiger partial charge < -0.3 is 10.1 Å². The molecule has 1 aromatic rings. The molecule has 0 atom stereocenters. The zero-order chi connectivity index (χ0) is 10.6. The molecule has 0 fully saturated rings. The number of aromatic nitrogens is 2. The second-order valence-corrected chi connectivity index (χ2v) is 3.87. The summed E-state index contributed by atoms with van der Waals surface area (Å²) in [5.41, 5.74) is -0.225. The third-order valence-corrected chi connectivity index (χ3v) is 2.06. The van der Waals surface area contributed by atoms with Crippen molar-refractivity contribution in [2.75, 3.05) is 19.0 Å². The van der Waals surface area contributed by atoms with Crippen LogP contribution in [0.5, 0.6) is 0 Å². The molecule has 0 aromatic carbocycles. The van der Waals surface area contributed by atoms with E-state index in [2.05, 4.69) is 15.3 Å². The van der Waals surface area contributed by atoms with E-state index in [0.717, 1.165) is 0 Å². The Bertz CT molecular complexity index is 304. The first-order valence-electron chi connectivity index (χ1n) is 4.31. The number of anilines is 1. The van der Waals surface area contributed by atoms with Crippen molar-refractivity contribution in [1.82, 2.24) is 9.97 Å². The van der Waals surface area contributed by atoms with Gasteiger partial charge >= 0.3 is 0 Å². The number of hydrogen-bond donors (Lipinski definition) is 1. The van der Waals surface area contributed by atoms with Crippen molar-refractivity contribution in [1.29, 1.82) is 0 Å². The molecule has 0 spiro atoms. The van der Waals surface area contributed by atoms with Crippen LogP contribution in [0.3, 0.4) is 0 Å². The fourth-order valence-corrected chi connectivity index (χ4v) is 0.956. The van der Waals surface area contributed by atoms with Crippen molar-refractivity contribution in [2.24, 2.45) is 0 Å². The van der Waals surface area contributed by atoms with Gasteiger partial charge in [0.05, 0.1) is 5.60 Å². The van der Waals surface area contributed by atoms with Crippen molar-refractivity contribution in [3.05, 3.63) is 17.5 Å². The van der Waals surface area contributed by atoms with E-state index in [1.165, 1.54) is 0 Å². The second kappa shape index (κ2) is 4.57. The summed E-state index contributed by atoms with van der Waals surface area (Å²) in [5, 5.41) is 3.36. The Morgan fingerprint density at radius 3 is 2.86 bits per heavy atom. The smallest absolute Gasteiger partial charge is 0.224 e. The lowest BCUT2D eigenvalue weighted by Gasteiger charge is -2.23. The minimum atomic E-state index is -0.225. The Balaban J connectivity index is 2.54. The molecule has 1 heterocycles. The Morgan fingerprint density at radius 2 is 2.29 bits per heavy atom. The van der Waals surface area contributed by atoms with Gasteiger partial charge in [-0.05, 0) is 31.5 Å². The van der Waals surface area contributed by atoms with Crippen LogP contribution < -0.4 is 5.32 Å². The molecule has 1 N–H and O–H groups in total. The summed E-state index contributed by atoms with van der Waals surface area (Å²) in [7, 11) is 1.68. The topological polar surface area (TPSA) is 47.0 Å². The number of ether oxygens (including phenoxy) is 1. The Kier molecular flexibility index (Phi) is 3.66. The van der Waals surface area contributed by atoms with E-state index in [4.69, 9.17) is 16.3 Å². The summed E-state index contributed by atoms with van der Waals surface area (Å²) in [6.45, 7) is 4.64. The van der Waals surface area contributed by atoms with E-state index < -0.39 is 0 Å². The monoisotopic (exact) mass is 215 g/mol. The van der Waals surface area contributed by atoms with Crippen molar-refractivity contribution >= 4 is 17.4 Å². The molecule has 4 nitrogen and oxygen atoms in total. The van der Waals surface area contributed by atoms with Gasteiger partial charge in [0.25, 0.3) is 0 Å². The normalized spacial score (nSPS) is 11.4. The van der Waals surface area contributed by atoms with Crippen LogP contribution in [0.1, 0.15) is 13.8 Å². The highest BCUT2D eigenvalue weighted by Gasteiger charge is 2.15. The lowest BCUT2D eigenvalue weighted by molar-refractivity contribution is 0.0343. The third kappa shape index (κ3) is 3.47. The Hall–Kier alpha value is -0.870. The summed E-state index contributed by atoms with van der Waals surface area (Å²) < 4.78 is 5.25. The van der Waals surface area contributed by atoms with Gasteiger partial charge in [0.15, 0.2) is 0 Å². The van der Waals surface area contributed by atoms with E-state index in [-0.39, 0.29) is 10.9 Å². The summed E-state index contributed by atoms with van der Waals surface area (Å²) in [6.07, 6.45) is 1.61. The highest BCUT2D eigenvalue weighted by molar-refractivity contribution is 6.28. The van der Waals surface area contributed by atoms with Gasteiger partial charge in [0, 0.05) is 19.9 Å². The molecule has 1 rings (SSSR count). The van der Waals surface area contributed by atoms with Gasteiger partial charge in [-0.15, -0.1) is 0 Å². The van der Waals surface area contributed by atoms with E-state index in [1.807, 2.05) is 13.8 Å². The first kappa shape index (κ1) is 11.2. The Labute approximate surface area is 88.7 Å². The number of halogens is 1. The van der Waals surface area contributed by atoms with Crippen LogP contribution in [0.4, 0.5) is 5.82 Å². The van der Waals surface area contributed by atoms with E-state index >= 15 is 0 Å². The van der Waals surface area contributed by atoms with E-state index in [1.54, 1.807) is 19.4 Å². The SMILES string of the molecule is COC(C)(C)CNc1ccnc(Cl)n1. The minimum Gasteiger partial charge on any atom is -0.377 e. The molecule has 0 radical (unpaired) electrons. The van der Waals surface area contributed by atoms with Gasteiger partial charge in [-0.3, -0.25) is 0 Å². The van der Waals surface area contributed by atoms with Crippen LogP contribution in [0.2, 0.25) is 5.28 Å². The van der Waals surface area contributed by atoms with Crippen molar-refractivity contribution in [3.8, 4) is 0 Å². The average Bonchev–Trinajstić information content (AvgIpc) is 2.15. The van der Waals surface area contributed by atoms with Crippen LogP contribution in [-0.4, -0.2) is 29.2 Å². The van der Waals surface area contributed by atoms with E-state index in [9.17, 15) is 0 Å². The molecule has 1 aromatic heterocycles. The van der Waals surface area contributed by atoms with Crippen molar-refractivity contribution < 1.29 is 4.74 Å². The Morgan fingerprint density at radius 1 is 1.57 bits per heavy atom. The highest BCUT2D eigenvalue weighted by atomic mass is 35.5. The van der Waals surface area contributed by atoms with Crippen LogP contribution in [0.15, 0.2) is 12.3 Å². The molecule has 0 amide bonds. The molecule has 0 saturated carbocycles. The highest BCUT2D eigenvalue weighted by Crippen LogP contribution is 2.10. The van der Waals surface area contributed by atoms with Gasteiger partial charge in [-0.1, -0.05) is 0 Å². The van der Waals surface area contributed by atoms with Crippen molar-refractivity contribution in [3.63, 3.8) is 0 Å². The maximum atomic E-state index is 5.64. The fraction of sp³-hybridized carbons (Fsp3) is 0.556. The van der Waals surface area contributed by atoms with Gasteiger partial charge in [0.1, 0.15) is 5.82 Å². The lowest BCUT2D eigenvalue weighted by atomic mass is 10.1. The fourth-order valence-electron chi connectivity index (χ4n) is 0.809. The number of nitrogens with zero attached hydrogens (tertiary/aromatic N) is 2. The number of hydrogen-bond acceptors (Lipinski definition) is 4. The summed E-state index contributed by atoms with van der Waals surface area (Å²) >= 11 is 5.64. The molecule has 78 valence electrons. The molecule has 0 aliphatic carbocycles. The standard InChI is InChI=1S/C9H14ClN3O/c1-9(2,14-3)6-12-7-4-5-11-8(10)13-7/h4-5H,6H2,1-3H3,(H,11,12,13). The zero-order valence-electron chi connectivity index (χ0n) is 8.54. The predicted octanol–water partition coefficient (Wildman–Crippen LogP) is 1.97. The molecule has 0 aliphatic rings. The van der Waals surface area contributed by atoms with Crippen LogP contribution in [0, 0.1) is 0 Å². The number of nitrogens with one attached hydrogen (secondary N) is 1. The van der Waals surface area contributed by atoms with Crippen LogP contribution in [-0.2, 0) is 4.74 Å². The molecular weight excluding hydrogens is 202 g/mol. The van der Waals surface area contributed by atoms with Crippen LogP contribution in [0.25, 0.3) is 0 Å². The third-order valence-electron chi connectivity index (χ3n) is 1.87. The molecule has 0 aliphatic heterocycles.